The Labute approximate surface area is 129 Å². The molecule has 1 unspecified atom stereocenters. The predicted octanol–water partition coefficient (Wildman–Crippen LogP) is 4.88. The van der Waals surface area contributed by atoms with Crippen molar-refractivity contribution in [3.63, 3.8) is 0 Å². The lowest BCUT2D eigenvalue weighted by Crippen LogP contribution is -2.29. The molecule has 1 aromatic carbocycles. The Morgan fingerprint density at radius 1 is 1.30 bits per heavy atom. The fraction of sp³-hybridized carbons (Fsp3) is 0.647. The average Bonchev–Trinajstić information content (AvgIpc) is 2.33. The summed E-state index contributed by atoms with van der Waals surface area (Å²) in [7, 11) is 2.10. The van der Waals surface area contributed by atoms with Crippen molar-refractivity contribution >= 4 is 17.3 Å². The van der Waals surface area contributed by atoms with Gasteiger partial charge in [-0.2, -0.15) is 0 Å². The van der Waals surface area contributed by atoms with Gasteiger partial charge in [0, 0.05) is 19.6 Å². The number of hydrogen-bond acceptors (Lipinski definition) is 2. The highest BCUT2D eigenvalue weighted by molar-refractivity contribution is 6.33. The zero-order chi connectivity index (χ0) is 15.3. The highest BCUT2D eigenvalue weighted by Gasteiger charge is 2.16. The van der Waals surface area contributed by atoms with Crippen LogP contribution < -0.4 is 10.2 Å². The largest absolute Gasteiger partial charge is 0.373 e. The number of halogens is 1. The SMILES string of the molecule is CCCNC(C)c1ccc(N(C)CC(C)(C)C)c(Cl)c1. The molecule has 0 aliphatic carbocycles. The van der Waals surface area contributed by atoms with Gasteiger partial charge in [-0.25, -0.2) is 0 Å². The fourth-order valence-corrected chi connectivity index (χ4v) is 2.71. The second-order valence-corrected chi connectivity index (χ2v) is 7.21. The van der Waals surface area contributed by atoms with Crippen molar-refractivity contribution in [3.8, 4) is 0 Å². The van der Waals surface area contributed by atoms with Crippen LogP contribution in [0.25, 0.3) is 0 Å². The zero-order valence-electron chi connectivity index (χ0n) is 13.8. The molecule has 0 amide bonds. The average molecular weight is 297 g/mol. The minimum atomic E-state index is 0.257. The smallest absolute Gasteiger partial charge is 0.0642 e. The van der Waals surface area contributed by atoms with Gasteiger partial charge in [-0.15, -0.1) is 0 Å². The van der Waals surface area contributed by atoms with E-state index in [-0.39, 0.29) is 5.41 Å². The standard InChI is InChI=1S/C17H29ClN2/c1-7-10-19-13(2)14-8-9-16(15(18)11-14)20(6)12-17(3,4)5/h8-9,11,13,19H,7,10,12H2,1-6H3. The predicted molar refractivity (Wildman–Crippen MR) is 90.9 cm³/mol. The first kappa shape index (κ1) is 17.3. The van der Waals surface area contributed by atoms with E-state index in [1.54, 1.807) is 0 Å². The van der Waals surface area contributed by atoms with E-state index < -0.39 is 0 Å². The Balaban J connectivity index is 2.82. The van der Waals surface area contributed by atoms with E-state index in [1.165, 1.54) is 5.56 Å². The highest BCUT2D eigenvalue weighted by atomic mass is 35.5. The minimum Gasteiger partial charge on any atom is -0.373 e. The third kappa shape index (κ3) is 5.34. The maximum absolute atomic E-state index is 6.46. The fourth-order valence-electron chi connectivity index (χ4n) is 2.38. The maximum Gasteiger partial charge on any atom is 0.0642 e. The molecule has 114 valence electrons. The molecule has 0 aromatic heterocycles. The van der Waals surface area contributed by atoms with Crippen LogP contribution in [0.15, 0.2) is 18.2 Å². The summed E-state index contributed by atoms with van der Waals surface area (Å²) in [4.78, 5) is 2.23. The van der Waals surface area contributed by atoms with E-state index in [1.807, 2.05) is 0 Å². The number of hydrogen-bond donors (Lipinski definition) is 1. The third-order valence-electron chi connectivity index (χ3n) is 3.30. The normalized spacial score (nSPS) is 13.3. The van der Waals surface area contributed by atoms with Gasteiger partial charge in [0.15, 0.2) is 0 Å². The van der Waals surface area contributed by atoms with Gasteiger partial charge >= 0.3 is 0 Å². The molecule has 1 rings (SSSR count). The lowest BCUT2D eigenvalue weighted by Gasteiger charge is -2.29. The van der Waals surface area contributed by atoms with Crippen LogP contribution in [0.5, 0.6) is 0 Å². The van der Waals surface area contributed by atoms with E-state index in [0.29, 0.717) is 6.04 Å². The molecule has 3 heteroatoms. The molecule has 0 heterocycles. The van der Waals surface area contributed by atoms with Crippen LogP contribution in [-0.2, 0) is 0 Å². The molecule has 0 saturated carbocycles. The topological polar surface area (TPSA) is 15.3 Å². The number of nitrogens with zero attached hydrogens (tertiary/aromatic N) is 1. The van der Waals surface area contributed by atoms with E-state index in [9.17, 15) is 0 Å². The van der Waals surface area contributed by atoms with Gasteiger partial charge in [0.25, 0.3) is 0 Å². The Morgan fingerprint density at radius 2 is 1.95 bits per heavy atom. The number of benzene rings is 1. The van der Waals surface area contributed by atoms with Gasteiger partial charge in [-0.1, -0.05) is 45.4 Å². The summed E-state index contributed by atoms with van der Waals surface area (Å²) in [5.74, 6) is 0. The van der Waals surface area contributed by atoms with Crippen LogP contribution >= 0.6 is 11.6 Å². The van der Waals surface area contributed by atoms with Crippen molar-refractivity contribution in [1.82, 2.24) is 5.32 Å². The number of anilines is 1. The summed E-state index contributed by atoms with van der Waals surface area (Å²) < 4.78 is 0. The Hall–Kier alpha value is -0.730. The molecular weight excluding hydrogens is 268 g/mol. The molecule has 0 aliphatic rings. The van der Waals surface area contributed by atoms with Crippen LogP contribution in [0.4, 0.5) is 5.69 Å². The lowest BCUT2D eigenvalue weighted by atomic mass is 9.96. The molecule has 1 aromatic rings. The quantitative estimate of drug-likeness (QED) is 0.804. The van der Waals surface area contributed by atoms with Crippen LogP contribution in [0.1, 0.15) is 52.6 Å². The zero-order valence-corrected chi connectivity index (χ0v) is 14.5. The number of rotatable bonds is 6. The summed E-state index contributed by atoms with van der Waals surface area (Å²) >= 11 is 6.46. The van der Waals surface area contributed by atoms with Crippen molar-refractivity contribution in [2.75, 3.05) is 25.0 Å². The second-order valence-electron chi connectivity index (χ2n) is 6.80. The molecule has 20 heavy (non-hydrogen) atoms. The van der Waals surface area contributed by atoms with Crippen LogP contribution in [-0.4, -0.2) is 20.1 Å². The lowest BCUT2D eigenvalue weighted by molar-refractivity contribution is 0.419. The van der Waals surface area contributed by atoms with Crippen LogP contribution in [0.2, 0.25) is 5.02 Å². The Kier molecular flexibility index (Phi) is 6.35. The van der Waals surface area contributed by atoms with Crippen molar-refractivity contribution in [2.24, 2.45) is 5.41 Å². The molecule has 1 atom stereocenters. The van der Waals surface area contributed by atoms with E-state index in [2.05, 4.69) is 70.1 Å². The van der Waals surface area contributed by atoms with E-state index >= 15 is 0 Å². The molecule has 0 spiro atoms. The molecule has 0 bridgehead atoms. The summed E-state index contributed by atoms with van der Waals surface area (Å²) in [5, 5.41) is 4.32. The molecule has 0 fully saturated rings. The Morgan fingerprint density at radius 3 is 2.45 bits per heavy atom. The second kappa shape index (κ2) is 7.33. The summed E-state index contributed by atoms with van der Waals surface area (Å²) in [6.07, 6.45) is 1.14. The van der Waals surface area contributed by atoms with Gasteiger partial charge in [0.05, 0.1) is 10.7 Å². The Bertz CT molecular complexity index is 423. The maximum atomic E-state index is 6.46. The van der Waals surface area contributed by atoms with Gasteiger partial charge < -0.3 is 10.2 Å². The van der Waals surface area contributed by atoms with E-state index in [0.717, 1.165) is 30.2 Å². The molecule has 0 aliphatic heterocycles. The van der Waals surface area contributed by atoms with Crippen molar-refractivity contribution in [2.45, 2.75) is 47.1 Å². The van der Waals surface area contributed by atoms with Gasteiger partial charge in [-0.3, -0.25) is 0 Å². The molecule has 0 radical (unpaired) electrons. The third-order valence-corrected chi connectivity index (χ3v) is 3.60. The van der Waals surface area contributed by atoms with Gasteiger partial charge in [0.2, 0.25) is 0 Å². The van der Waals surface area contributed by atoms with Gasteiger partial charge in [-0.05, 0) is 43.0 Å². The first-order valence-electron chi connectivity index (χ1n) is 7.48. The molecule has 1 N–H and O–H groups in total. The van der Waals surface area contributed by atoms with Crippen molar-refractivity contribution in [3.05, 3.63) is 28.8 Å². The first-order valence-corrected chi connectivity index (χ1v) is 7.86. The summed E-state index contributed by atoms with van der Waals surface area (Å²) in [5.41, 5.74) is 2.61. The van der Waals surface area contributed by atoms with Crippen LogP contribution in [0, 0.1) is 5.41 Å². The molecular formula is C17H29ClN2. The summed E-state index contributed by atoms with van der Waals surface area (Å²) in [6, 6.07) is 6.74. The van der Waals surface area contributed by atoms with Crippen LogP contribution in [0.3, 0.4) is 0 Å². The van der Waals surface area contributed by atoms with Gasteiger partial charge in [0.1, 0.15) is 0 Å². The number of nitrogens with one attached hydrogen (secondary N) is 1. The molecule has 0 saturated heterocycles. The minimum absolute atomic E-state index is 0.257. The monoisotopic (exact) mass is 296 g/mol. The highest BCUT2D eigenvalue weighted by Crippen LogP contribution is 2.30. The van der Waals surface area contributed by atoms with Crippen molar-refractivity contribution in [1.29, 1.82) is 0 Å². The summed E-state index contributed by atoms with van der Waals surface area (Å²) in [6.45, 7) is 13.1. The van der Waals surface area contributed by atoms with Crippen molar-refractivity contribution < 1.29 is 0 Å². The first-order chi connectivity index (χ1) is 9.24. The molecule has 2 nitrogen and oxygen atoms in total. The van der Waals surface area contributed by atoms with E-state index in [4.69, 9.17) is 11.6 Å².